The molecule has 3 aromatic carbocycles. The standard InChI is InChI=1S/C27H23ClN4S2/c1-18(2)23-10-6-7-11-24(23)32-25(19-12-14-21(28)15-13-19)30-31-27(32)34-17-22-16-33-26(29-22)20-8-4-3-5-9-20/h3-16,18H,17H2,1-2H3. The minimum absolute atomic E-state index is 0.362. The summed E-state index contributed by atoms with van der Waals surface area (Å²) in [5, 5.41) is 13.9. The Morgan fingerprint density at radius 3 is 2.38 bits per heavy atom. The number of hydrogen-bond donors (Lipinski definition) is 0. The first-order chi connectivity index (χ1) is 16.6. The lowest BCUT2D eigenvalue weighted by atomic mass is 10.0. The molecule has 0 fully saturated rings. The molecule has 0 amide bonds. The van der Waals surface area contributed by atoms with E-state index in [1.54, 1.807) is 23.1 Å². The van der Waals surface area contributed by atoms with Crippen LogP contribution in [0.5, 0.6) is 0 Å². The molecule has 7 heteroatoms. The molecule has 170 valence electrons. The molecule has 0 atom stereocenters. The summed E-state index contributed by atoms with van der Waals surface area (Å²) in [7, 11) is 0. The van der Waals surface area contributed by atoms with Gasteiger partial charge < -0.3 is 0 Å². The maximum absolute atomic E-state index is 6.14. The van der Waals surface area contributed by atoms with E-state index in [-0.39, 0.29) is 0 Å². The van der Waals surface area contributed by atoms with Gasteiger partial charge in [-0.25, -0.2) is 4.98 Å². The summed E-state index contributed by atoms with van der Waals surface area (Å²) in [6.07, 6.45) is 0. The molecule has 0 aliphatic rings. The van der Waals surface area contributed by atoms with Gasteiger partial charge in [0.25, 0.3) is 0 Å². The quantitative estimate of drug-likeness (QED) is 0.211. The molecular weight excluding hydrogens is 480 g/mol. The van der Waals surface area contributed by atoms with Crippen LogP contribution in [-0.4, -0.2) is 19.7 Å². The van der Waals surface area contributed by atoms with Crippen LogP contribution in [0.15, 0.2) is 89.4 Å². The second kappa shape index (κ2) is 10.1. The number of para-hydroxylation sites is 1. The van der Waals surface area contributed by atoms with E-state index >= 15 is 0 Å². The van der Waals surface area contributed by atoms with Crippen LogP contribution in [0.4, 0.5) is 0 Å². The zero-order valence-corrected chi connectivity index (χ0v) is 21.2. The lowest BCUT2D eigenvalue weighted by Crippen LogP contribution is -2.05. The minimum atomic E-state index is 0.362. The van der Waals surface area contributed by atoms with Crippen molar-refractivity contribution in [2.45, 2.75) is 30.7 Å². The van der Waals surface area contributed by atoms with Crippen molar-refractivity contribution in [1.82, 2.24) is 19.7 Å². The summed E-state index contributed by atoms with van der Waals surface area (Å²) in [5.41, 5.74) is 5.50. The summed E-state index contributed by atoms with van der Waals surface area (Å²) in [6.45, 7) is 4.41. The molecule has 0 unspecified atom stereocenters. The van der Waals surface area contributed by atoms with Crippen molar-refractivity contribution in [2.75, 3.05) is 0 Å². The van der Waals surface area contributed by atoms with Crippen LogP contribution < -0.4 is 0 Å². The predicted octanol–water partition coefficient (Wildman–Crippen LogP) is 8.13. The fraction of sp³-hybridized carbons (Fsp3) is 0.148. The number of hydrogen-bond acceptors (Lipinski definition) is 5. The summed E-state index contributed by atoms with van der Waals surface area (Å²) in [5.74, 6) is 1.88. The van der Waals surface area contributed by atoms with Crippen molar-refractivity contribution in [3.05, 3.63) is 101 Å². The predicted molar refractivity (Wildman–Crippen MR) is 143 cm³/mol. The Kier molecular flexibility index (Phi) is 6.81. The Hall–Kier alpha value is -2.93. The van der Waals surface area contributed by atoms with E-state index in [1.165, 1.54) is 5.56 Å². The Bertz CT molecular complexity index is 1390. The first-order valence-corrected chi connectivity index (χ1v) is 13.3. The number of aromatic nitrogens is 4. The summed E-state index contributed by atoms with van der Waals surface area (Å²) in [6, 6.07) is 26.5. The lowest BCUT2D eigenvalue weighted by Gasteiger charge is -2.17. The molecule has 0 saturated heterocycles. The van der Waals surface area contributed by atoms with Gasteiger partial charge in [0, 0.05) is 27.3 Å². The van der Waals surface area contributed by atoms with Gasteiger partial charge in [-0.15, -0.1) is 21.5 Å². The minimum Gasteiger partial charge on any atom is -0.270 e. The average Bonchev–Trinajstić information content (AvgIpc) is 3.51. The highest BCUT2D eigenvalue weighted by atomic mass is 35.5. The molecule has 2 heterocycles. The Balaban J connectivity index is 1.51. The molecule has 0 bridgehead atoms. The van der Waals surface area contributed by atoms with Gasteiger partial charge in [-0.3, -0.25) is 4.57 Å². The van der Waals surface area contributed by atoms with E-state index in [2.05, 4.69) is 70.4 Å². The van der Waals surface area contributed by atoms with Crippen LogP contribution in [-0.2, 0) is 5.75 Å². The SMILES string of the molecule is CC(C)c1ccccc1-n1c(SCc2csc(-c3ccccc3)n2)nnc1-c1ccc(Cl)cc1. The Morgan fingerprint density at radius 1 is 0.882 bits per heavy atom. The molecule has 0 N–H and O–H groups in total. The summed E-state index contributed by atoms with van der Waals surface area (Å²) < 4.78 is 2.16. The monoisotopic (exact) mass is 502 g/mol. The summed E-state index contributed by atoms with van der Waals surface area (Å²) in [4.78, 5) is 4.84. The van der Waals surface area contributed by atoms with E-state index in [1.807, 2.05) is 42.5 Å². The van der Waals surface area contributed by atoms with Crippen LogP contribution in [0.1, 0.15) is 31.0 Å². The third-order valence-corrected chi connectivity index (χ3v) is 7.61. The van der Waals surface area contributed by atoms with Gasteiger partial charge in [-0.05, 0) is 41.8 Å². The van der Waals surface area contributed by atoms with Gasteiger partial charge in [0.2, 0.25) is 0 Å². The summed E-state index contributed by atoms with van der Waals surface area (Å²) >= 11 is 9.46. The largest absolute Gasteiger partial charge is 0.270 e. The van der Waals surface area contributed by atoms with E-state index < -0.39 is 0 Å². The number of benzene rings is 3. The second-order valence-corrected chi connectivity index (χ2v) is 10.4. The van der Waals surface area contributed by atoms with Crippen molar-refractivity contribution >= 4 is 34.7 Å². The van der Waals surface area contributed by atoms with E-state index in [0.717, 1.165) is 38.5 Å². The molecule has 0 saturated carbocycles. The zero-order chi connectivity index (χ0) is 23.5. The molecule has 0 spiro atoms. The van der Waals surface area contributed by atoms with E-state index in [0.29, 0.717) is 16.7 Å². The van der Waals surface area contributed by atoms with Crippen molar-refractivity contribution in [1.29, 1.82) is 0 Å². The fourth-order valence-corrected chi connectivity index (χ4v) is 5.67. The maximum Gasteiger partial charge on any atom is 0.196 e. The first-order valence-electron chi connectivity index (χ1n) is 11.0. The van der Waals surface area contributed by atoms with Gasteiger partial charge >= 0.3 is 0 Å². The fourth-order valence-electron chi connectivity index (χ4n) is 3.77. The van der Waals surface area contributed by atoms with Gasteiger partial charge in [-0.1, -0.05) is 85.7 Å². The average molecular weight is 503 g/mol. The topological polar surface area (TPSA) is 43.6 Å². The Morgan fingerprint density at radius 2 is 1.62 bits per heavy atom. The molecule has 5 rings (SSSR count). The van der Waals surface area contributed by atoms with E-state index in [4.69, 9.17) is 16.6 Å². The third kappa shape index (κ3) is 4.80. The number of thiazole rings is 1. The van der Waals surface area contributed by atoms with Crippen LogP contribution >= 0.6 is 34.7 Å². The maximum atomic E-state index is 6.14. The third-order valence-electron chi connectivity index (χ3n) is 5.46. The van der Waals surface area contributed by atoms with E-state index in [9.17, 15) is 0 Å². The highest BCUT2D eigenvalue weighted by Crippen LogP contribution is 2.34. The van der Waals surface area contributed by atoms with Gasteiger partial charge in [-0.2, -0.15) is 0 Å². The normalized spacial score (nSPS) is 11.3. The molecule has 34 heavy (non-hydrogen) atoms. The van der Waals surface area contributed by atoms with Crippen LogP contribution in [0, 0.1) is 0 Å². The molecule has 4 nitrogen and oxygen atoms in total. The highest BCUT2D eigenvalue weighted by Gasteiger charge is 2.20. The van der Waals surface area contributed by atoms with Crippen molar-refractivity contribution in [2.24, 2.45) is 0 Å². The molecule has 0 radical (unpaired) electrons. The highest BCUT2D eigenvalue weighted by molar-refractivity contribution is 7.98. The van der Waals surface area contributed by atoms with Gasteiger partial charge in [0.15, 0.2) is 11.0 Å². The van der Waals surface area contributed by atoms with Crippen molar-refractivity contribution < 1.29 is 0 Å². The molecule has 0 aliphatic heterocycles. The zero-order valence-electron chi connectivity index (χ0n) is 18.9. The van der Waals surface area contributed by atoms with Gasteiger partial charge in [0.1, 0.15) is 5.01 Å². The molecule has 5 aromatic rings. The van der Waals surface area contributed by atoms with Crippen LogP contribution in [0.3, 0.4) is 0 Å². The second-order valence-electron chi connectivity index (χ2n) is 8.16. The molecular formula is C27H23ClN4S2. The van der Waals surface area contributed by atoms with Crippen LogP contribution in [0.25, 0.3) is 27.6 Å². The van der Waals surface area contributed by atoms with Crippen molar-refractivity contribution in [3.63, 3.8) is 0 Å². The lowest BCUT2D eigenvalue weighted by molar-refractivity contribution is 0.818. The molecule has 0 aliphatic carbocycles. The first kappa shape index (κ1) is 22.8. The van der Waals surface area contributed by atoms with Crippen LogP contribution in [0.2, 0.25) is 5.02 Å². The smallest absolute Gasteiger partial charge is 0.196 e. The number of halogens is 1. The van der Waals surface area contributed by atoms with Crippen molar-refractivity contribution in [3.8, 4) is 27.6 Å². The number of thioether (sulfide) groups is 1. The Labute approximate surface area is 212 Å². The van der Waals surface area contributed by atoms with Gasteiger partial charge in [0.05, 0.1) is 11.4 Å². The number of rotatable bonds is 7. The molecule has 2 aromatic heterocycles. The number of nitrogens with zero attached hydrogens (tertiary/aromatic N) is 4.